The number of rotatable bonds is 7. The first-order valence-corrected chi connectivity index (χ1v) is 11.3. The molecule has 8 heteroatoms. The predicted molar refractivity (Wildman–Crippen MR) is 122 cm³/mol. The van der Waals surface area contributed by atoms with Crippen LogP contribution in [0.4, 0.5) is 5.69 Å². The predicted octanol–water partition coefficient (Wildman–Crippen LogP) is 4.00. The van der Waals surface area contributed by atoms with Gasteiger partial charge in [0.1, 0.15) is 10.6 Å². The summed E-state index contributed by atoms with van der Waals surface area (Å²) in [6.07, 6.45) is 0. The van der Waals surface area contributed by atoms with Crippen molar-refractivity contribution in [3.63, 3.8) is 0 Å². The van der Waals surface area contributed by atoms with Gasteiger partial charge in [-0.25, -0.2) is 12.7 Å². The molecule has 0 fully saturated rings. The van der Waals surface area contributed by atoms with Crippen molar-refractivity contribution in [1.82, 2.24) is 8.87 Å². The molecule has 3 rings (SSSR count). The van der Waals surface area contributed by atoms with Gasteiger partial charge in [-0.1, -0.05) is 0 Å². The van der Waals surface area contributed by atoms with Crippen LogP contribution in [0.5, 0.6) is 5.75 Å². The number of aromatic nitrogens is 1. The molecule has 1 N–H and O–H groups in total. The highest BCUT2D eigenvalue weighted by Gasteiger charge is 2.23. The SMILES string of the molecule is CCOc1ccc(NC(=O)c2ccc(-n3c(C)ccc3C)cc2)cc1S(=O)(=O)N(C)C. The van der Waals surface area contributed by atoms with Crippen LogP contribution >= 0.6 is 0 Å². The molecule has 2 aromatic carbocycles. The second kappa shape index (κ2) is 8.95. The van der Waals surface area contributed by atoms with Gasteiger partial charge in [0.25, 0.3) is 5.91 Å². The molecule has 1 amide bonds. The largest absolute Gasteiger partial charge is 0.492 e. The molecule has 0 atom stereocenters. The van der Waals surface area contributed by atoms with Gasteiger partial charge in [-0.15, -0.1) is 0 Å². The summed E-state index contributed by atoms with van der Waals surface area (Å²) in [7, 11) is -0.836. The molecule has 1 aromatic heterocycles. The lowest BCUT2D eigenvalue weighted by Crippen LogP contribution is -2.23. The number of amides is 1. The topological polar surface area (TPSA) is 80.6 Å². The number of hydrogen-bond acceptors (Lipinski definition) is 4. The highest BCUT2D eigenvalue weighted by molar-refractivity contribution is 7.89. The molecule has 1 heterocycles. The average molecular weight is 442 g/mol. The number of sulfonamides is 1. The Morgan fingerprint density at radius 3 is 2.16 bits per heavy atom. The number of nitrogens with zero attached hydrogens (tertiary/aromatic N) is 2. The van der Waals surface area contributed by atoms with Crippen LogP contribution < -0.4 is 10.1 Å². The molecule has 0 aliphatic carbocycles. The van der Waals surface area contributed by atoms with Crippen LogP contribution in [0, 0.1) is 13.8 Å². The lowest BCUT2D eigenvalue weighted by Gasteiger charge is -2.17. The minimum Gasteiger partial charge on any atom is -0.492 e. The average Bonchev–Trinajstić information content (AvgIpc) is 3.07. The number of aryl methyl sites for hydroxylation is 2. The van der Waals surface area contributed by atoms with Gasteiger partial charge in [-0.3, -0.25) is 4.79 Å². The van der Waals surface area contributed by atoms with E-state index in [2.05, 4.69) is 9.88 Å². The van der Waals surface area contributed by atoms with E-state index in [4.69, 9.17) is 4.74 Å². The fourth-order valence-electron chi connectivity index (χ4n) is 3.30. The van der Waals surface area contributed by atoms with Crippen LogP contribution in [-0.4, -0.2) is 43.9 Å². The molecule has 0 spiro atoms. The Kier molecular flexibility index (Phi) is 6.52. The molecule has 0 bridgehead atoms. The van der Waals surface area contributed by atoms with E-state index < -0.39 is 10.0 Å². The Hall–Kier alpha value is -3.10. The second-order valence-corrected chi connectivity index (χ2v) is 9.45. The third-order valence-corrected chi connectivity index (χ3v) is 6.76. The maximum atomic E-state index is 12.7. The maximum absolute atomic E-state index is 12.7. The summed E-state index contributed by atoms with van der Waals surface area (Å²) in [5, 5.41) is 2.77. The van der Waals surface area contributed by atoms with Crippen molar-refractivity contribution >= 4 is 21.6 Å². The highest BCUT2D eigenvalue weighted by atomic mass is 32.2. The summed E-state index contributed by atoms with van der Waals surface area (Å²) >= 11 is 0. The van der Waals surface area contributed by atoms with Crippen LogP contribution in [0.15, 0.2) is 59.5 Å². The molecule has 0 aliphatic heterocycles. The van der Waals surface area contributed by atoms with Crippen molar-refractivity contribution < 1.29 is 17.9 Å². The summed E-state index contributed by atoms with van der Waals surface area (Å²) in [5.41, 5.74) is 4.03. The molecule has 164 valence electrons. The molecule has 0 radical (unpaired) electrons. The molecule has 0 unspecified atom stereocenters. The lowest BCUT2D eigenvalue weighted by molar-refractivity contribution is 0.102. The van der Waals surface area contributed by atoms with Gasteiger partial charge in [0.2, 0.25) is 10.0 Å². The molecule has 0 aliphatic rings. The van der Waals surface area contributed by atoms with Gasteiger partial charge in [-0.2, -0.15) is 0 Å². The second-order valence-electron chi connectivity index (χ2n) is 7.33. The smallest absolute Gasteiger partial charge is 0.255 e. The van der Waals surface area contributed by atoms with Gasteiger partial charge < -0.3 is 14.6 Å². The van der Waals surface area contributed by atoms with E-state index in [1.807, 2.05) is 38.1 Å². The minimum atomic E-state index is -3.74. The number of ether oxygens (including phenoxy) is 1. The Bertz CT molecular complexity index is 1180. The molecular formula is C23H27N3O4S. The van der Waals surface area contributed by atoms with Crippen LogP contribution in [-0.2, 0) is 10.0 Å². The van der Waals surface area contributed by atoms with Crippen molar-refractivity contribution in [2.75, 3.05) is 26.0 Å². The van der Waals surface area contributed by atoms with Gasteiger partial charge in [-0.05, 0) is 75.4 Å². The number of benzene rings is 2. The van der Waals surface area contributed by atoms with Crippen LogP contribution in [0.3, 0.4) is 0 Å². The van der Waals surface area contributed by atoms with E-state index in [-0.39, 0.29) is 16.6 Å². The third-order valence-electron chi connectivity index (χ3n) is 4.92. The quantitative estimate of drug-likeness (QED) is 0.601. The van der Waals surface area contributed by atoms with Crippen molar-refractivity contribution in [3.8, 4) is 11.4 Å². The molecule has 7 nitrogen and oxygen atoms in total. The van der Waals surface area contributed by atoms with E-state index in [0.717, 1.165) is 21.4 Å². The fraction of sp³-hybridized carbons (Fsp3) is 0.261. The normalized spacial score (nSPS) is 11.5. The van der Waals surface area contributed by atoms with Gasteiger partial charge in [0.05, 0.1) is 6.61 Å². The Balaban J connectivity index is 1.86. The van der Waals surface area contributed by atoms with E-state index in [9.17, 15) is 13.2 Å². The summed E-state index contributed by atoms with van der Waals surface area (Å²) in [6, 6.07) is 15.9. The number of hydrogen-bond donors (Lipinski definition) is 1. The van der Waals surface area contributed by atoms with Gasteiger partial charge in [0.15, 0.2) is 0 Å². The van der Waals surface area contributed by atoms with Gasteiger partial charge >= 0.3 is 0 Å². The zero-order valence-corrected chi connectivity index (χ0v) is 19.2. The van der Waals surface area contributed by atoms with Crippen LogP contribution in [0.2, 0.25) is 0 Å². The minimum absolute atomic E-state index is 0.00561. The van der Waals surface area contributed by atoms with Crippen molar-refractivity contribution in [3.05, 3.63) is 71.5 Å². The number of nitrogens with one attached hydrogen (secondary N) is 1. The summed E-state index contributed by atoms with van der Waals surface area (Å²) in [4.78, 5) is 12.7. The Labute approximate surface area is 183 Å². The standard InChI is InChI=1S/C23H27N3O4S/c1-6-30-21-14-11-19(15-22(21)31(28,29)25(4)5)24-23(27)18-9-12-20(13-10-18)26-16(2)7-8-17(26)3/h7-15H,6H2,1-5H3,(H,24,27). The Morgan fingerprint density at radius 2 is 1.61 bits per heavy atom. The molecule has 31 heavy (non-hydrogen) atoms. The monoisotopic (exact) mass is 441 g/mol. The van der Waals surface area contributed by atoms with Crippen molar-refractivity contribution in [1.29, 1.82) is 0 Å². The third kappa shape index (κ3) is 4.65. The van der Waals surface area contributed by atoms with E-state index >= 15 is 0 Å². The lowest BCUT2D eigenvalue weighted by atomic mass is 10.2. The number of carbonyl (C=O) groups is 1. The first-order valence-electron chi connectivity index (χ1n) is 9.91. The number of anilines is 1. The molecule has 0 saturated carbocycles. The summed E-state index contributed by atoms with van der Waals surface area (Å²) < 4.78 is 34.0. The zero-order chi connectivity index (χ0) is 22.8. The Morgan fingerprint density at radius 1 is 1.00 bits per heavy atom. The van der Waals surface area contributed by atoms with Crippen molar-refractivity contribution in [2.24, 2.45) is 0 Å². The molecule has 0 saturated heterocycles. The zero-order valence-electron chi connectivity index (χ0n) is 18.3. The molecule has 3 aromatic rings. The van der Waals surface area contributed by atoms with Crippen LogP contribution in [0.25, 0.3) is 5.69 Å². The summed E-state index contributed by atoms with van der Waals surface area (Å²) in [6.45, 7) is 6.16. The molecular weight excluding hydrogens is 414 g/mol. The first kappa shape index (κ1) is 22.6. The first-order chi connectivity index (χ1) is 14.6. The van der Waals surface area contributed by atoms with Gasteiger partial charge in [0, 0.05) is 42.4 Å². The van der Waals surface area contributed by atoms with Crippen LogP contribution in [0.1, 0.15) is 28.7 Å². The summed E-state index contributed by atoms with van der Waals surface area (Å²) in [5.74, 6) is -0.0825. The fourth-order valence-corrected chi connectivity index (χ4v) is 4.35. The highest BCUT2D eigenvalue weighted by Crippen LogP contribution is 2.29. The maximum Gasteiger partial charge on any atom is 0.255 e. The van der Waals surface area contributed by atoms with E-state index in [1.54, 1.807) is 31.2 Å². The van der Waals surface area contributed by atoms with E-state index in [0.29, 0.717) is 17.9 Å². The van der Waals surface area contributed by atoms with E-state index in [1.165, 1.54) is 20.2 Å². The number of carbonyl (C=O) groups excluding carboxylic acids is 1. The van der Waals surface area contributed by atoms with Crippen molar-refractivity contribution in [2.45, 2.75) is 25.7 Å².